The summed E-state index contributed by atoms with van der Waals surface area (Å²) in [6.45, 7) is 3.11. The maximum Gasteiger partial charge on any atom is 0.348 e. The lowest BCUT2D eigenvalue weighted by molar-refractivity contribution is -0.132. The highest BCUT2D eigenvalue weighted by Crippen LogP contribution is 2.10. The van der Waals surface area contributed by atoms with Crippen molar-refractivity contribution in [3.05, 3.63) is 10.1 Å². The van der Waals surface area contributed by atoms with E-state index in [0.29, 0.717) is 0 Å². The molecule has 0 aromatic rings. The van der Waals surface area contributed by atoms with Crippen molar-refractivity contribution in [2.75, 3.05) is 26.4 Å². The molecule has 0 amide bonds. The van der Waals surface area contributed by atoms with Crippen LogP contribution in [0, 0.1) is 0 Å². The van der Waals surface area contributed by atoms with E-state index in [0.717, 1.165) is 26.4 Å². The van der Waals surface area contributed by atoms with Gasteiger partial charge in [-0.15, -0.1) is 0 Å². The molecule has 1 fully saturated rings. The van der Waals surface area contributed by atoms with Crippen LogP contribution in [-0.2, 0) is 19.1 Å². The van der Waals surface area contributed by atoms with E-state index in [4.69, 9.17) is 37.8 Å². The number of carboxylic acids is 1. The van der Waals surface area contributed by atoms with Crippen LogP contribution in [0.25, 0.3) is 0 Å². The van der Waals surface area contributed by atoms with Gasteiger partial charge >= 0.3 is 5.97 Å². The van der Waals surface area contributed by atoms with E-state index in [1.165, 1.54) is 0 Å². The van der Waals surface area contributed by atoms with Gasteiger partial charge in [0, 0.05) is 0 Å². The fourth-order valence-electron chi connectivity index (χ4n) is 0.594. The lowest BCUT2D eigenvalue weighted by Gasteiger charge is -2.09. The van der Waals surface area contributed by atoms with Gasteiger partial charge in [-0.05, 0) is 0 Å². The molecule has 0 radical (unpaired) electrons. The van der Waals surface area contributed by atoms with E-state index in [9.17, 15) is 9.59 Å². The number of carbonyl (C=O) groups excluding carboxylic acids is 1. The van der Waals surface area contributed by atoms with Crippen molar-refractivity contribution in [2.45, 2.75) is 0 Å². The van der Waals surface area contributed by atoms with Gasteiger partial charge in [0.25, 0.3) is 0 Å². The summed E-state index contributed by atoms with van der Waals surface area (Å²) in [6.07, 6.45) is 0.165. The molecule has 0 atom stereocenters. The molecule has 1 heterocycles. The first kappa shape index (κ1) is 14.4. The van der Waals surface area contributed by atoms with Gasteiger partial charge in [0.1, 0.15) is 10.1 Å². The van der Waals surface area contributed by atoms with Crippen molar-refractivity contribution in [2.24, 2.45) is 0 Å². The third kappa shape index (κ3) is 7.33. The number of aldehydes is 1. The lowest BCUT2D eigenvalue weighted by Crippen LogP contribution is -2.16. The monoisotopic (exact) mass is 256 g/mol. The van der Waals surface area contributed by atoms with Gasteiger partial charge in [0.05, 0.1) is 26.4 Å². The van der Waals surface area contributed by atoms with Crippen molar-refractivity contribution < 1.29 is 24.2 Å². The summed E-state index contributed by atoms with van der Waals surface area (Å²) in [5.74, 6) is -1.41. The van der Waals surface area contributed by atoms with Crippen LogP contribution in [-0.4, -0.2) is 43.8 Å². The Bertz CT molecular complexity index is 236. The number of aliphatic carboxylic acids is 1. The molecule has 7 heteroatoms. The Balaban J connectivity index is 0.000000280. The van der Waals surface area contributed by atoms with E-state index in [1.54, 1.807) is 0 Å². The molecule has 15 heavy (non-hydrogen) atoms. The first-order valence-corrected chi connectivity index (χ1v) is 4.74. The predicted octanol–water partition coefficient (Wildman–Crippen LogP) is 0.992. The number of ether oxygens (including phenoxy) is 2. The largest absolute Gasteiger partial charge is 0.477 e. The van der Waals surface area contributed by atoms with Gasteiger partial charge in [-0.25, -0.2) is 4.79 Å². The standard InChI is InChI=1S/C4H2Cl2O3.C4H8O2/c5-2(1-7)3(6)4(8)9;1-2-6-4-3-5-1/h1H,(H,8,9);1-4H2/b3-2-;. The summed E-state index contributed by atoms with van der Waals surface area (Å²) in [7, 11) is 0. The average Bonchev–Trinajstić information content (AvgIpc) is 2.30. The van der Waals surface area contributed by atoms with Crippen LogP contribution in [0.15, 0.2) is 10.1 Å². The van der Waals surface area contributed by atoms with Crippen LogP contribution in [0.5, 0.6) is 0 Å². The number of carboxylic acid groups (broad SMARTS) is 1. The van der Waals surface area contributed by atoms with Crippen LogP contribution in [0.2, 0.25) is 0 Å². The molecular formula is C8H10Cl2O5. The third-order valence-corrected chi connectivity index (χ3v) is 1.99. The van der Waals surface area contributed by atoms with Gasteiger partial charge in [-0.1, -0.05) is 23.2 Å². The fraction of sp³-hybridized carbons (Fsp3) is 0.500. The summed E-state index contributed by atoms with van der Waals surface area (Å²) >= 11 is 9.99. The Morgan fingerprint density at radius 3 is 1.67 bits per heavy atom. The van der Waals surface area contributed by atoms with Crippen molar-refractivity contribution in [1.82, 2.24) is 0 Å². The Kier molecular flexibility index (Phi) is 8.31. The van der Waals surface area contributed by atoms with Gasteiger partial charge in [-0.2, -0.15) is 0 Å². The van der Waals surface area contributed by atoms with Gasteiger partial charge in [0.15, 0.2) is 6.29 Å². The topological polar surface area (TPSA) is 72.8 Å². The highest BCUT2D eigenvalue weighted by Gasteiger charge is 2.07. The summed E-state index contributed by atoms with van der Waals surface area (Å²) < 4.78 is 9.89. The summed E-state index contributed by atoms with van der Waals surface area (Å²) in [6, 6.07) is 0. The minimum atomic E-state index is -1.41. The highest BCUT2D eigenvalue weighted by atomic mass is 35.5. The van der Waals surface area contributed by atoms with E-state index >= 15 is 0 Å². The molecule has 1 aliphatic heterocycles. The predicted molar refractivity (Wildman–Crippen MR) is 54.1 cm³/mol. The SMILES string of the molecule is C1COCCO1.O=C/C(Cl)=C(/Cl)C(=O)O. The molecule has 0 aromatic heterocycles. The first-order chi connectivity index (χ1) is 7.09. The zero-order chi connectivity index (χ0) is 11.7. The second-order valence-electron chi connectivity index (χ2n) is 2.31. The average molecular weight is 257 g/mol. The lowest BCUT2D eigenvalue weighted by atomic mass is 10.5. The normalized spacial score (nSPS) is 16.9. The van der Waals surface area contributed by atoms with Gasteiger partial charge in [0.2, 0.25) is 0 Å². The zero-order valence-corrected chi connectivity index (χ0v) is 9.25. The molecule has 1 rings (SSSR count). The van der Waals surface area contributed by atoms with Crippen molar-refractivity contribution in [3.8, 4) is 0 Å². The maximum absolute atomic E-state index is 9.87. The first-order valence-electron chi connectivity index (χ1n) is 3.98. The van der Waals surface area contributed by atoms with Crippen LogP contribution in [0.4, 0.5) is 0 Å². The molecule has 0 saturated carbocycles. The van der Waals surface area contributed by atoms with Crippen LogP contribution in [0.1, 0.15) is 0 Å². The summed E-state index contributed by atoms with van der Waals surface area (Å²) in [5, 5.41) is 6.89. The molecule has 1 aliphatic rings. The van der Waals surface area contributed by atoms with E-state index < -0.39 is 16.0 Å². The Hall–Kier alpha value is -0.620. The van der Waals surface area contributed by atoms with Crippen LogP contribution < -0.4 is 0 Å². The Morgan fingerprint density at radius 1 is 1.13 bits per heavy atom. The van der Waals surface area contributed by atoms with Gasteiger partial charge in [-0.3, -0.25) is 4.79 Å². The third-order valence-electron chi connectivity index (χ3n) is 1.24. The smallest absolute Gasteiger partial charge is 0.348 e. The molecule has 5 nitrogen and oxygen atoms in total. The highest BCUT2D eigenvalue weighted by molar-refractivity contribution is 6.51. The number of allylic oxidation sites excluding steroid dienone is 1. The number of hydrogen-bond donors (Lipinski definition) is 1. The number of halogens is 2. The number of hydrogen-bond acceptors (Lipinski definition) is 4. The molecule has 0 aromatic carbocycles. The quantitative estimate of drug-likeness (QED) is 0.590. The van der Waals surface area contributed by atoms with Crippen LogP contribution in [0.3, 0.4) is 0 Å². The van der Waals surface area contributed by atoms with Crippen molar-refractivity contribution in [3.63, 3.8) is 0 Å². The molecular weight excluding hydrogens is 247 g/mol. The fourth-order valence-corrected chi connectivity index (χ4v) is 0.719. The molecule has 0 aliphatic carbocycles. The Labute approximate surface area is 96.6 Å². The summed E-state index contributed by atoms with van der Waals surface area (Å²) in [5.41, 5.74) is 0. The molecule has 0 bridgehead atoms. The van der Waals surface area contributed by atoms with Crippen LogP contribution >= 0.6 is 23.2 Å². The summed E-state index contributed by atoms with van der Waals surface area (Å²) in [4.78, 5) is 19.6. The molecule has 1 saturated heterocycles. The minimum Gasteiger partial charge on any atom is -0.477 e. The molecule has 0 unspecified atom stereocenters. The van der Waals surface area contributed by atoms with Crippen molar-refractivity contribution >= 4 is 35.5 Å². The zero-order valence-electron chi connectivity index (χ0n) is 7.74. The second-order valence-corrected chi connectivity index (χ2v) is 3.09. The number of carbonyl (C=O) groups is 2. The van der Waals surface area contributed by atoms with E-state index in [-0.39, 0.29) is 6.29 Å². The molecule has 0 spiro atoms. The maximum atomic E-state index is 9.87. The van der Waals surface area contributed by atoms with Crippen molar-refractivity contribution in [1.29, 1.82) is 0 Å². The Morgan fingerprint density at radius 2 is 1.53 bits per heavy atom. The second kappa shape index (κ2) is 8.67. The number of rotatable bonds is 2. The minimum absolute atomic E-state index is 0.165. The molecule has 1 N–H and O–H groups in total. The van der Waals surface area contributed by atoms with Gasteiger partial charge < -0.3 is 14.6 Å². The van der Waals surface area contributed by atoms with E-state index in [2.05, 4.69) is 0 Å². The molecule has 86 valence electrons. The van der Waals surface area contributed by atoms with E-state index in [1.807, 2.05) is 0 Å².